The molecule has 4 heteroatoms. The van der Waals surface area contributed by atoms with Gasteiger partial charge in [-0.25, -0.2) is 0 Å². The van der Waals surface area contributed by atoms with Crippen molar-refractivity contribution in [2.45, 2.75) is 25.3 Å². The van der Waals surface area contributed by atoms with Crippen LogP contribution >= 0.6 is 0 Å². The van der Waals surface area contributed by atoms with E-state index >= 15 is 0 Å². The summed E-state index contributed by atoms with van der Waals surface area (Å²) in [6.07, 6.45) is 3.03. The van der Waals surface area contributed by atoms with Crippen LogP contribution in [0.2, 0.25) is 0 Å². The van der Waals surface area contributed by atoms with Crippen LogP contribution in [0.25, 0.3) is 0 Å². The van der Waals surface area contributed by atoms with Gasteiger partial charge in [0.1, 0.15) is 0 Å². The molecule has 0 aromatic heterocycles. The monoisotopic (exact) mass is 217 g/mol. The number of nitrogens with one attached hydrogen (secondary N) is 1. The molecule has 0 atom stereocenters. The number of rotatable bonds is 1. The van der Waals surface area contributed by atoms with E-state index in [4.69, 9.17) is 5.73 Å². The summed E-state index contributed by atoms with van der Waals surface area (Å²) in [6, 6.07) is 6.36. The summed E-state index contributed by atoms with van der Waals surface area (Å²) < 4.78 is 0. The van der Waals surface area contributed by atoms with E-state index in [9.17, 15) is 4.79 Å². The Morgan fingerprint density at radius 2 is 2.19 bits per heavy atom. The fourth-order valence-corrected chi connectivity index (χ4v) is 2.22. The first-order valence-electron chi connectivity index (χ1n) is 5.70. The van der Waals surface area contributed by atoms with Crippen LogP contribution in [-0.2, 0) is 4.79 Å². The summed E-state index contributed by atoms with van der Waals surface area (Å²) in [5, 5.41) is 2.92. The van der Waals surface area contributed by atoms with E-state index < -0.39 is 0 Å². The number of nitrogens with two attached hydrogens (primary N) is 1. The van der Waals surface area contributed by atoms with Crippen LogP contribution in [0.3, 0.4) is 0 Å². The summed E-state index contributed by atoms with van der Waals surface area (Å²) in [6.45, 7) is 0.813. The van der Waals surface area contributed by atoms with E-state index in [1.807, 2.05) is 18.2 Å². The maximum absolute atomic E-state index is 11.6. The molecular formula is C12H15N3O. The van der Waals surface area contributed by atoms with Gasteiger partial charge in [-0.1, -0.05) is 0 Å². The summed E-state index contributed by atoms with van der Waals surface area (Å²) in [5.74, 6) is 0.0787. The first kappa shape index (κ1) is 9.51. The van der Waals surface area contributed by atoms with Crippen molar-refractivity contribution in [2.24, 2.45) is 0 Å². The quantitative estimate of drug-likeness (QED) is 0.702. The van der Waals surface area contributed by atoms with Gasteiger partial charge < -0.3 is 16.0 Å². The Hall–Kier alpha value is -1.71. The second-order valence-corrected chi connectivity index (χ2v) is 4.50. The van der Waals surface area contributed by atoms with Gasteiger partial charge in [-0.2, -0.15) is 0 Å². The molecule has 0 bridgehead atoms. The van der Waals surface area contributed by atoms with Crippen LogP contribution < -0.4 is 16.0 Å². The third kappa shape index (κ3) is 1.60. The molecule has 0 saturated heterocycles. The van der Waals surface area contributed by atoms with E-state index in [-0.39, 0.29) is 5.91 Å². The van der Waals surface area contributed by atoms with Gasteiger partial charge in [0.15, 0.2) is 0 Å². The van der Waals surface area contributed by atoms with Crippen molar-refractivity contribution in [2.75, 3.05) is 22.5 Å². The van der Waals surface area contributed by atoms with Gasteiger partial charge in [0.25, 0.3) is 0 Å². The zero-order chi connectivity index (χ0) is 11.1. The number of nitrogens with zero attached hydrogens (tertiary/aromatic N) is 1. The Kier molecular flexibility index (Phi) is 2.02. The van der Waals surface area contributed by atoms with Crippen LogP contribution in [-0.4, -0.2) is 18.5 Å². The fraction of sp³-hybridized carbons (Fsp3) is 0.417. The van der Waals surface area contributed by atoms with E-state index in [1.54, 1.807) is 0 Å². The Morgan fingerprint density at radius 1 is 1.38 bits per heavy atom. The number of nitrogen functional groups attached to an aromatic ring is 1. The maximum Gasteiger partial charge on any atom is 0.226 e. The van der Waals surface area contributed by atoms with Crippen LogP contribution in [0.4, 0.5) is 17.1 Å². The number of fused-ring (bicyclic) bond motifs is 1. The molecule has 0 unspecified atom stereocenters. The first-order valence-corrected chi connectivity index (χ1v) is 5.70. The minimum atomic E-state index is 0.0787. The minimum Gasteiger partial charge on any atom is -0.399 e. The topological polar surface area (TPSA) is 58.4 Å². The molecule has 1 amide bonds. The van der Waals surface area contributed by atoms with Crippen molar-refractivity contribution in [1.82, 2.24) is 0 Å². The lowest BCUT2D eigenvalue weighted by Gasteiger charge is -2.23. The molecule has 1 aromatic carbocycles. The van der Waals surface area contributed by atoms with E-state index in [0.717, 1.165) is 17.9 Å². The highest BCUT2D eigenvalue weighted by Gasteiger charge is 2.32. The molecule has 1 aliphatic heterocycles. The lowest BCUT2D eigenvalue weighted by molar-refractivity contribution is -0.115. The van der Waals surface area contributed by atoms with Crippen molar-refractivity contribution >= 4 is 23.0 Å². The molecule has 1 aromatic rings. The summed E-state index contributed by atoms with van der Waals surface area (Å²) >= 11 is 0. The van der Waals surface area contributed by atoms with E-state index in [2.05, 4.69) is 10.2 Å². The number of amides is 1. The second kappa shape index (κ2) is 3.40. The normalized spacial score (nSPS) is 20.0. The molecule has 84 valence electrons. The predicted octanol–water partition coefficient (Wildman–Crippen LogP) is 1.58. The SMILES string of the molecule is Nc1ccc2c(c1)NC(=O)CCN2C1CC1. The number of carbonyl (C=O) groups is 1. The average molecular weight is 217 g/mol. The van der Waals surface area contributed by atoms with Gasteiger partial charge in [0.2, 0.25) is 5.91 Å². The van der Waals surface area contributed by atoms with E-state index in [0.29, 0.717) is 18.2 Å². The number of carbonyl (C=O) groups excluding carboxylic acids is 1. The van der Waals surface area contributed by atoms with Gasteiger partial charge >= 0.3 is 0 Å². The molecule has 1 fully saturated rings. The Balaban J connectivity index is 2.04. The summed E-state index contributed by atoms with van der Waals surface area (Å²) in [5.41, 5.74) is 8.41. The summed E-state index contributed by atoms with van der Waals surface area (Å²) in [7, 11) is 0. The van der Waals surface area contributed by atoms with Crippen molar-refractivity contribution in [1.29, 1.82) is 0 Å². The largest absolute Gasteiger partial charge is 0.399 e. The third-order valence-corrected chi connectivity index (χ3v) is 3.17. The van der Waals surface area contributed by atoms with Gasteiger partial charge in [-0.3, -0.25) is 4.79 Å². The highest BCUT2D eigenvalue weighted by Crippen LogP contribution is 2.38. The predicted molar refractivity (Wildman–Crippen MR) is 64.5 cm³/mol. The molecule has 3 N–H and O–H groups in total. The Labute approximate surface area is 94.4 Å². The number of hydrogen-bond acceptors (Lipinski definition) is 3. The smallest absolute Gasteiger partial charge is 0.226 e. The van der Waals surface area contributed by atoms with Crippen LogP contribution in [0.15, 0.2) is 18.2 Å². The number of anilines is 3. The van der Waals surface area contributed by atoms with Crippen molar-refractivity contribution in [3.63, 3.8) is 0 Å². The van der Waals surface area contributed by atoms with Crippen molar-refractivity contribution in [3.05, 3.63) is 18.2 Å². The van der Waals surface area contributed by atoms with E-state index in [1.165, 1.54) is 12.8 Å². The number of benzene rings is 1. The molecular weight excluding hydrogens is 202 g/mol. The average Bonchev–Trinajstić information content (AvgIpc) is 3.03. The summed E-state index contributed by atoms with van der Waals surface area (Å²) in [4.78, 5) is 13.9. The molecule has 1 heterocycles. The van der Waals surface area contributed by atoms with Gasteiger partial charge in [-0.15, -0.1) is 0 Å². The van der Waals surface area contributed by atoms with Gasteiger partial charge in [0, 0.05) is 24.7 Å². The van der Waals surface area contributed by atoms with Crippen LogP contribution in [0.5, 0.6) is 0 Å². The molecule has 16 heavy (non-hydrogen) atoms. The standard InChI is InChI=1S/C12H15N3O/c13-8-1-4-11-10(7-8)14-12(16)5-6-15(11)9-2-3-9/h1,4,7,9H,2-3,5-6,13H2,(H,14,16). The molecule has 2 aliphatic rings. The lowest BCUT2D eigenvalue weighted by atomic mass is 10.2. The molecule has 0 spiro atoms. The molecule has 0 radical (unpaired) electrons. The zero-order valence-electron chi connectivity index (χ0n) is 9.07. The number of hydrogen-bond donors (Lipinski definition) is 2. The van der Waals surface area contributed by atoms with Gasteiger partial charge in [0.05, 0.1) is 11.4 Å². The highest BCUT2D eigenvalue weighted by atomic mass is 16.1. The molecule has 3 rings (SSSR count). The maximum atomic E-state index is 11.6. The van der Waals surface area contributed by atoms with Crippen molar-refractivity contribution < 1.29 is 4.79 Å². The zero-order valence-corrected chi connectivity index (χ0v) is 9.07. The second-order valence-electron chi connectivity index (χ2n) is 4.50. The highest BCUT2D eigenvalue weighted by molar-refractivity contribution is 5.97. The van der Waals surface area contributed by atoms with Crippen LogP contribution in [0, 0.1) is 0 Å². The molecule has 4 nitrogen and oxygen atoms in total. The third-order valence-electron chi connectivity index (χ3n) is 3.17. The first-order chi connectivity index (χ1) is 7.74. The van der Waals surface area contributed by atoms with Gasteiger partial charge in [-0.05, 0) is 31.0 Å². The Bertz CT molecular complexity index is 440. The van der Waals surface area contributed by atoms with Crippen molar-refractivity contribution in [3.8, 4) is 0 Å². The lowest BCUT2D eigenvalue weighted by Crippen LogP contribution is -2.26. The minimum absolute atomic E-state index is 0.0787. The molecule has 1 aliphatic carbocycles. The van der Waals surface area contributed by atoms with Crippen LogP contribution in [0.1, 0.15) is 19.3 Å². The fourth-order valence-electron chi connectivity index (χ4n) is 2.22. The molecule has 1 saturated carbocycles. The Morgan fingerprint density at radius 3 is 2.94 bits per heavy atom.